The van der Waals surface area contributed by atoms with Gasteiger partial charge >= 0.3 is 11.9 Å². The van der Waals surface area contributed by atoms with Gasteiger partial charge in [0.05, 0.1) is 12.5 Å². The van der Waals surface area contributed by atoms with E-state index in [1.807, 2.05) is 34.6 Å². The van der Waals surface area contributed by atoms with Gasteiger partial charge < -0.3 is 14.6 Å². The minimum Gasteiger partial charge on any atom is -0.460 e. The summed E-state index contributed by atoms with van der Waals surface area (Å²) < 4.78 is 10.1. The highest BCUT2D eigenvalue weighted by atomic mass is 16.6. The van der Waals surface area contributed by atoms with E-state index in [0.717, 1.165) is 0 Å². The third-order valence-corrected chi connectivity index (χ3v) is 3.33. The molecule has 0 aromatic rings. The fourth-order valence-electron chi connectivity index (χ4n) is 1.03. The molecule has 0 aromatic carbocycles. The van der Waals surface area contributed by atoms with Crippen molar-refractivity contribution < 1.29 is 24.2 Å². The zero-order valence-electron chi connectivity index (χ0n) is 13.3. The Kier molecular flexibility index (Phi) is 6.41. The second-order valence-electron chi connectivity index (χ2n) is 6.47. The van der Waals surface area contributed by atoms with Crippen molar-refractivity contribution in [2.75, 3.05) is 6.61 Å². The molecule has 1 N–H and O–H groups in total. The van der Waals surface area contributed by atoms with Crippen LogP contribution in [-0.2, 0) is 19.1 Å². The summed E-state index contributed by atoms with van der Waals surface area (Å²) >= 11 is 0. The van der Waals surface area contributed by atoms with Gasteiger partial charge in [0, 0.05) is 11.0 Å². The summed E-state index contributed by atoms with van der Waals surface area (Å²) in [7, 11) is 0. The third-order valence-electron chi connectivity index (χ3n) is 3.33. The Balaban J connectivity index is 4.28. The van der Waals surface area contributed by atoms with Crippen LogP contribution in [0, 0.1) is 5.41 Å². The predicted octanol–water partition coefficient (Wildman–Crippen LogP) is 2.22. The Bertz CT molecular complexity index is 376. The predicted molar refractivity (Wildman–Crippen MR) is 76.0 cm³/mol. The van der Waals surface area contributed by atoms with Crippen molar-refractivity contribution in [3.63, 3.8) is 0 Å². The summed E-state index contributed by atoms with van der Waals surface area (Å²) in [5.41, 5.74) is -0.633. The Labute approximate surface area is 121 Å². The largest absolute Gasteiger partial charge is 0.460 e. The van der Waals surface area contributed by atoms with E-state index >= 15 is 0 Å². The maximum Gasteiger partial charge on any atom is 0.333 e. The van der Waals surface area contributed by atoms with Crippen molar-refractivity contribution in [1.82, 2.24) is 0 Å². The molecule has 5 heteroatoms. The van der Waals surface area contributed by atoms with Crippen molar-refractivity contribution in [3.05, 3.63) is 12.2 Å². The van der Waals surface area contributed by atoms with Crippen LogP contribution in [0.1, 0.15) is 48.0 Å². The molecule has 0 radical (unpaired) electrons. The number of esters is 2. The first kappa shape index (κ1) is 18.6. The summed E-state index contributed by atoms with van der Waals surface area (Å²) in [5, 5.41) is 9.64. The van der Waals surface area contributed by atoms with Crippen LogP contribution < -0.4 is 0 Å². The molecule has 0 fully saturated rings. The highest BCUT2D eigenvalue weighted by molar-refractivity contribution is 5.86. The number of carbonyl (C=O) groups excluding carboxylic acids is 2. The van der Waals surface area contributed by atoms with Crippen LogP contribution in [-0.4, -0.2) is 35.4 Å². The summed E-state index contributed by atoms with van der Waals surface area (Å²) in [6.45, 7) is 14.2. The van der Waals surface area contributed by atoms with Crippen LogP contribution in [0.4, 0.5) is 0 Å². The molecule has 1 unspecified atom stereocenters. The molecule has 0 heterocycles. The molecule has 5 nitrogen and oxygen atoms in total. The number of ether oxygens (including phenoxy) is 2. The average Bonchev–Trinajstić information content (AvgIpc) is 2.22. The van der Waals surface area contributed by atoms with Crippen LogP contribution in [0.3, 0.4) is 0 Å². The molecular weight excluding hydrogens is 260 g/mol. The summed E-state index contributed by atoms with van der Waals surface area (Å²) in [4.78, 5) is 22.9. The maximum absolute atomic E-state index is 11.8. The topological polar surface area (TPSA) is 72.8 Å². The minimum atomic E-state index is -1.08. The second kappa shape index (κ2) is 6.88. The maximum atomic E-state index is 11.8. The Hall–Kier alpha value is -1.36. The van der Waals surface area contributed by atoms with E-state index in [4.69, 9.17) is 9.47 Å². The molecule has 0 saturated heterocycles. The number of rotatable bonds is 6. The van der Waals surface area contributed by atoms with Crippen molar-refractivity contribution in [2.45, 2.75) is 59.7 Å². The first-order valence-corrected chi connectivity index (χ1v) is 6.59. The fraction of sp³-hybridized carbons (Fsp3) is 0.733. The van der Waals surface area contributed by atoms with Crippen LogP contribution in [0.25, 0.3) is 0 Å². The van der Waals surface area contributed by atoms with E-state index in [-0.39, 0.29) is 24.0 Å². The lowest BCUT2D eigenvalue weighted by Gasteiger charge is -2.38. The van der Waals surface area contributed by atoms with E-state index in [2.05, 4.69) is 6.58 Å². The minimum absolute atomic E-state index is 0.219. The fourth-order valence-corrected chi connectivity index (χ4v) is 1.03. The van der Waals surface area contributed by atoms with E-state index in [0.29, 0.717) is 0 Å². The van der Waals surface area contributed by atoms with Crippen molar-refractivity contribution in [1.29, 1.82) is 0 Å². The molecule has 0 bridgehead atoms. The molecule has 0 amide bonds. The smallest absolute Gasteiger partial charge is 0.333 e. The van der Waals surface area contributed by atoms with Gasteiger partial charge in [-0.3, -0.25) is 4.79 Å². The van der Waals surface area contributed by atoms with Crippen LogP contribution in [0.2, 0.25) is 0 Å². The van der Waals surface area contributed by atoms with E-state index < -0.39 is 23.6 Å². The summed E-state index contributed by atoms with van der Waals surface area (Å²) in [6, 6.07) is 0. The van der Waals surface area contributed by atoms with Gasteiger partial charge in [-0.05, 0) is 20.8 Å². The summed E-state index contributed by atoms with van der Waals surface area (Å²) in [6.07, 6.45) is -1.30. The molecule has 0 aromatic heterocycles. The van der Waals surface area contributed by atoms with E-state index in [9.17, 15) is 14.7 Å². The average molecular weight is 286 g/mol. The van der Waals surface area contributed by atoms with Gasteiger partial charge in [0.1, 0.15) is 12.2 Å². The van der Waals surface area contributed by atoms with Crippen LogP contribution >= 0.6 is 0 Å². The Morgan fingerprint density at radius 1 is 1.20 bits per heavy atom. The number of hydrogen-bond donors (Lipinski definition) is 1. The van der Waals surface area contributed by atoms with Gasteiger partial charge in [0.2, 0.25) is 0 Å². The molecule has 1 atom stereocenters. The first-order valence-electron chi connectivity index (χ1n) is 6.59. The van der Waals surface area contributed by atoms with E-state index in [1.165, 1.54) is 6.92 Å². The van der Waals surface area contributed by atoms with Gasteiger partial charge in [-0.1, -0.05) is 27.4 Å². The Morgan fingerprint density at radius 3 is 2.10 bits per heavy atom. The summed E-state index contributed by atoms with van der Waals surface area (Å²) in [5.74, 6) is -1.11. The van der Waals surface area contributed by atoms with Crippen molar-refractivity contribution in [2.24, 2.45) is 5.41 Å². The van der Waals surface area contributed by atoms with E-state index in [1.54, 1.807) is 0 Å². The third kappa shape index (κ3) is 6.19. The zero-order valence-corrected chi connectivity index (χ0v) is 13.3. The molecule has 0 aliphatic heterocycles. The molecule has 0 spiro atoms. The number of aliphatic hydroxyl groups is 1. The lowest BCUT2D eigenvalue weighted by Crippen LogP contribution is -2.42. The van der Waals surface area contributed by atoms with Crippen molar-refractivity contribution in [3.8, 4) is 0 Å². The van der Waals surface area contributed by atoms with Gasteiger partial charge in [-0.15, -0.1) is 0 Å². The van der Waals surface area contributed by atoms with Crippen LogP contribution in [0.5, 0.6) is 0 Å². The standard InChI is InChI=1S/C15H26O5/c1-10(2)13(18)19-9-11(16)8-12(17)20-15(6,7)14(3,4)5/h11,16H,1,8-9H2,2-7H3. The highest BCUT2D eigenvalue weighted by Gasteiger charge is 2.36. The number of hydrogen-bond acceptors (Lipinski definition) is 5. The number of carbonyl (C=O) groups is 2. The normalized spacial score (nSPS) is 13.6. The van der Waals surface area contributed by atoms with Gasteiger partial charge in [-0.25, -0.2) is 4.79 Å². The number of aliphatic hydroxyl groups excluding tert-OH is 1. The monoisotopic (exact) mass is 286 g/mol. The molecule has 116 valence electrons. The lowest BCUT2D eigenvalue weighted by molar-refractivity contribution is -0.170. The SMILES string of the molecule is C=C(C)C(=O)OCC(O)CC(=O)OC(C)(C)C(C)(C)C. The lowest BCUT2D eigenvalue weighted by atomic mass is 9.79. The molecule has 0 rings (SSSR count). The molecular formula is C15H26O5. The van der Waals surface area contributed by atoms with Crippen molar-refractivity contribution >= 4 is 11.9 Å². The first-order chi connectivity index (χ1) is 8.86. The van der Waals surface area contributed by atoms with Gasteiger partial charge in [0.15, 0.2) is 0 Å². The molecule has 0 aliphatic rings. The second-order valence-corrected chi connectivity index (χ2v) is 6.47. The quantitative estimate of drug-likeness (QED) is 0.598. The molecule has 20 heavy (non-hydrogen) atoms. The Morgan fingerprint density at radius 2 is 1.70 bits per heavy atom. The molecule has 0 aliphatic carbocycles. The molecule has 0 saturated carbocycles. The zero-order chi connectivity index (χ0) is 16.1. The highest BCUT2D eigenvalue weighted by Crippen LogP contribution is 2.33. The van der Waals surface area contributed by atoms with Gasteiger partial charge in [0.25, 0.3) is 0 Å². The van der Waals surface area contributed by atoms with Gasteiger partial charge in [-0.2, -0.15) is 0 Å². The van der Waals surface area contributed by atoms with Crippen LogP contribution in [0.15, 0.2) is 12.2 Å².